The number of carboxylic acids is 1. The Kier molecular flexibility index (Phi) is 4.83. The number of aliphatic carboxylic acids is 1. The molecule has 0 aliphatic carbocycles. The number of nitrogens with zero attached hydrogens (tertiary/aromatic N) is 2. The zero-order valence-electron chi connectivity index (χ0n) is 12.3. The van der Waals surface area contributed by atoms with Gasteiger partial charge in [-0.15, -0.1) is 0 Å². The Hall–Kier alpha value is -2.47. The lowest BCUT2D eigenvalue weighted by atomic mass is 10.3. The zero-order chi connectivity index (χ0) is 16.1. The number of carbonyl (C=O) groups is 1. The number of aromatic nitrogens is 2. The number of carboxylic acid groups (broad SMARTS) is 1. The Labute approximate surface area is 137 Å². The first kappa shape index (κ1) is 15.4. The van der Waals surface area contributed by atoms with Gasteiger partial charge in [0.2, 0.25) is 0 Å². The highest BCUT2D eigenvalue weighted by Gasteiger charge is 2.11. The predicted molar refractivity (Wildman–Crippen MR) is 87.4 cm³/mol. The lowest BCUT2D eigenvalue weighted by Crippen LogP contribution is -2.27. The van der Waals surface area contributed by atoms with Crippen LogP contribution in [-0.2, 0) is 11.3 Å². The molecule has 0 saturated heterocycles. The van der Waals surface area contributed by atoms with E-state index in [0.717, 1.165) is 16.8 Å². The van der Waals surface area contributed by atoms with Gasteiger partial charge in [-0.3, -0.25) is 0 Å². The highest BCUT2D eigenvalue weighted by atomic mass is 32.2. The molecule has 3 aromatic rings. The number of hydrogen-bond acceptors (Lipinski definition) is 5. The molecule has 0 spiro atoms. The van der Waals surface area contributed by atoms with Crippen LogP contribution in [0, 0.1) is 0 Å². The number of imidazole rings is 1. The monoisotopic (exact) mass is 327 g/mol. The summed E-state index contributed by atoms with van der Waals surface area (Å²) in [5.74, 6) is 0.359. The largest absolute Gasteiger partial charge is 0.548 e. The number of thioether (sulfide) groups is 1. The SMILES string of the molecule is O=C([O-])Cn1c(SCCOc2ccccc2)nc2ccccc21. The molecule has 0 N–H and O–H groups in total. The molecule has 0 bridgehead atoms. The second-order valence-corrected chi connectivity index (χ2v) is 5.91. The van der Waals surface area contributed by atoms with E-state index in [-0.39, 0.29) is 6.54 Å². The van der Waals surface area contributed by atoms with Gasteiger partial charge >= 0.3 is 0 Å². The molecule has 0 aliphatic heterocycles. The summed E-state index contributed by atoms with van der Waals surface area (Å²) in [5.41, 5.74) is 1.57. The number of benzene rings is 2. The van der Waals surface area contributed by atoms with E-state index in [1.807, 2.05) is 54.6 Å². The predicted octanol–water partition coefficient (Wildman–Crippen LogP) is 1.96. The third-order valence-corrected chi connectivity index (χ3v) is 4.17. The molecule has 0 unspecified atom stereocenters. The average Bonchev–Trinajstić information content (AvgIpc) is 2.90. The Morgan fingerprint density at radius 1 is 1.13 bits per heavy atom. The molecule has 2 aromatic carbocycles. The Morgan fingerprint density at radius 2 is 1.87 bits per heavy atom. The van der Waals surface area contributed by atoms with Gasteiger partial charge in [0.05, 0.1) is 30.2 Å². The summed E-state index contributed by atoms with van der Waals surface area (Å²) in [7, 11) is 0. The highest BCUT2D eigenvalue weighted by molar-refractivity contribution is 7.99. The fraction of sp³-hybridized carbons (Fsp3) is 0.176. The van der Waals surface area contributed by atoms with Gasteiger partial charge in [0, 0.05) is 5.75 Å². The lowest BCUT2D eigenvalue weighted by Gasteiger charge is -2.10. The van der Waals surface area contributed by atoms with Crippen LogP contribution >= 0.6 is 11.8 Å². The van der Waals surface area contributed by atoms with Crippen LogP contribution in [-0.4, -0.2) is 27.9 Å². The Bertz CT molecular complexity index is 802. The molecule has 1 aromatic heterocycles. The molecular formula is C17H15N2O3S-. The first-order chi connectivity index (χ1) is 11.2. The van der Waals surface area contributed by atoms with E-state index in [1.165, 1.54) is 11.8 Å². The Morgan fingerprint density at radius 3 is 2.65 bits per heavy atom. The standard InChI is InChI=1S/C17H16N2O3S/c20-16(21)12-19-15-9-5-4-8-14(15)18-17(19)23-11-10-22-13-6-2-1-3-7-13/h1-9H,10-12H2,(H,20,21)/p-1. The molecule has 3 rings (SSSR count). The van der Waals surface area contributed by atoms with Crippen LogP contribution in [0.25, 0.3) is 11.0 Å². The van der Waals surface area contributed by atoms with Crippen LogP contribution in [0.1, 0.15) is 0 Å². The van der Waals surface area contributed by atoms with E-state index in [4.69, 9.17) is 4.74 Å². The molecule has 0 atom stereocenters. The third-order valence-electron chi connectivity index (χ3n) is 3.23. The van der Waals surface area contributed by atoms with Crippen molar-refractivity contribution >= 4 is 28.8 Å². The van der Waals surface area contributed by atoms with Crippen LogP contribution in [0.15, 0.2) is 59.8 Å². The first-order valence-corrected chi connectivity index (χ1v) is 8.18. The maximum absolute atomic E-state index is 11.0. The Balaban J connectivity index is 1.68. The third kappa shape index (κ3) is 3.84. The lowest BCUT2D eigenvalue weighted by molar-refractivity contribution is -0.306. The maximum Gasteiger partial charge on any atom is 0.169 e. The molecule has 0 radical (unpaired) electrons. The summed E-state index contributed by atoms with van der Waals surface area (Å²) in [6.45, 7) is 0.311. The molecule has 0 aliphatic rings. The van der Waals surface area contributed by atoms with E-state index in [2.05, 4.69) is 4.98 Å². The van der Waals surface area contributed by atoms with Gasteiger partial charge in [-0.2, -0.15) is 0 Å². The molecule has 0 amide bonds. The smallest absolute Gasteiger partial charge is 0.169 e. The molecule has 1 heterocycles. The van der Waals surface area contributed by atoms with Gasteiger partial charge in [-0.25, -0.2) is 4.98 Å². The van der Waals surface area contributed by atoms with Gasteiger partial charge in [-0.1, -0.05) is 42.1 Å². The summed E-state index contributed by atoms with van der Waals surface area (Å²) < 4.78 is 7.30. The number of para-hydroxylation sites is 3. The van der Waals surface area contributed by atoms with Crippen molar-refractivity contribution in [2.75, 3.05) is 12.4 Å². The number of rotatable bonds is 7. The van der Waals surface area contributed by atoms with E-state index in [1.54, 1.807) is 4.57 Å². The number of hydrogen-bond donors (Lipinski definition) is 0. The van der Waals surface area contributed by atoms with E-state index in [0.29, 0.717) is 17.5 Å². The van der Waals surface area contributed by atoms with Gasteiger partial charge in [-0.05, 0) is 24.3 Å². The van der Waals surface area contributed by atoms with Gasteiger partial charge < -0.3 is 19.2 Å². The van der Waals surface area contributed by atoms with E-state index < -0.39 is 5.97 Å². The van der Waals surface area contributed by atoms with Crippen molar-refractivity contribution in [3.63, 3.8) is 0 Å². The quantitative estimate of drug-likeness (QED) is 0.490. The minimum Gasteiger partial charge on any atom is -0.548 e. The fourth-order valence-electron chi connectivity index (χ4n) is 2.25. The minimum atomic E-state index is -1.13. The van der Waals surface area contributed by atoms with Crippen molar-refractivity contribution in [3.05, 3.63) is 54.6 Å². The normalized spacial score (nSPS) is 10.8. The number of carbonyl (C=O) groups excluding carboxylic acids is 1. The van der Waals surface area contributed by atoms with Gasteiger partial charge in [0.25, 0.3) is 0 Å². The summed E-state index contributed by atoms with van der Waals surface area (Å²) in [6, 6.07) is 17.0. The van der Waals surface area contributed by atoms with Crippen molar-refractivity contribution in [1.82, 2.24) is 9.55 Å². The van der Waals surface area contributed by atoms with E-state index >= 15 is 0 Å². The van der Waals surface area contributed by atoms with Crippen LogP contribution in [0.2, 0.25) is 0 Å². The van der Waals surface area contributed by atoms with Crippen molar-refractivity contribution in [1.29, 1.82) is 0 Å². The minimum absolute atomic E-state index is 0.206. The van der Waals surface area contributed by atoms with Crippen LogP contribution in [0.3, 0.4) is 0 Å². The van der Waals surface area contributed by atoms with Gasteiger partial charge in [0.15, 0.2) is 5.16 Å². The molecule has 23 heavy (non-hydrogen) atoms. The molecular weight excluding hydrogens is 312 g/mol. The van der Waals surface area contributed by atoms with Gasteiger partial charge in [0.1, 0.15) is 5.75 Å². The second kappa shape index (κ2) is 7.19. The molecule has 118 valence electrons. The first-order valence-electron chi connectivity index (χ1n) is 7.20. The average molecular weight is 327 g/mol. The maximum atomic E-state index is 11.0. The van der Waals surface area contributed by atoms with Crippen molar-refractivity contribution < 1.29 is 14.6 Å². The molecule has 0 saturated carbocycles. The van der Waals surface area contributed by atoms with Crippen LogP contribution in [0.4, 0.5) is 0 Å². The van der Waals surface area contributed by atoms with Crippen molar-refractivity contribution in [2.24, 2.45) is 0 Å². The fourth-order valence-corrected chi connectivity index (χ4v) is 3.09. The van der Waals surface area contributed by atoms with Crippen LogP contribution < -0.4 is 9.84 Å². The summed E-state index contributed by atoms with van der Waals surface area (Å²) in [4.78, 5) is 15.5. The van der Waals surface area contributed by atoms with Crippen LogP contribution in [0.5, 0.6) is 5.75 Å². The number of fused-ring (bicyclic) bond motifs is 1. The summed E-state index contributed by atoms with van der Waals surface area (Å²) in [5, 5.41) is 11.6. The highest BCUT2D eigenvalue weighted by Crippen LogP contribution is 2.24. The molecule has 0 fully saturated rings. The van der Waals surface area contributed by atoms with E-state index in [9.17, 15) is 9.90 Å². The molecule has 6 heteroatoms. The van der Waals surface area contributed by atoms with Crippen molar-refractivity contribution in [3.8, 4) is 5.75 Å². The van der Waals surface area contributed by atoms with Crippen molar-refractivity contribution in [2.45, 2.75) is 11.7 Å². The summed E-state index contributed by atoms with van der Waals surface area (Å²) >= 11 is 1.47. The topological polar surface area (TPSA) is 67.2 Å². The summed E-state index contributed by atoms with van der Waals surface area (Å²) in [6.07, 6.45) is 0. The number of ether oxygens (including phenoxy) is 1. The zero-order valence-corrected chi connectivity index (χ0v) is 13.2. The second-order valence-electron chi connectivity index (χ2n) is 4.85. The molecule has 5 nitrogen and oxygen atoms in total.